The van der Waals surface area contributed by atoms with E-state index in [-0.39, 0.29) is 5.78 Å². The standard InChI is InChI=1S/C16H16O3S/c1-18-11-13-10-12(6-8-15(13)19-2)5-7-14(17)16-4-3-9-20-16/h3-10H,11H2,1-2H3/b7-5+. The fourth-order valence-corrected chi connectivity index (χ4v) is 2.49. The second-order valence-corrected chi connectivity index (χ2v) is 5.13. The fraction of sp³-hybridized carbons (Fsp3) is 0.188. The van der Waals surface area contributed by atoms with E-state index in [1.807, 2.05) is 35.7 Å². The van der Waals surface area contributed by atoms with Gasteiger partial charge < -0.3 is 9.47 Å². The molecule has 1 aromatic carbocycles. The van der Waals surface area contributed by atoms with Crippen molar-refractivity contribution < 1.29 is 14.3 Å². The van der Waals surface area contributed by atoms with Crippen LogP contribution in [0.4, 0.5) is 0 Å². The van der Waals surface area contributed by atoms with Crippen molar-refractivity contribution in [1.82, 2.24) is 0 Å². The van der Waals surface area contributed by atoms with E-state index in [0.29, 0.717) is 6.61 Å². The lowest BCUT2D eigenvalue weighted by molar-refractivity contribution is 0.105. The molecule has 20 heavy (non-hydrogen) atoms. The van der Waals surface area contributed by atoms with Gasteiger partial charge >= 0.3 is 0 Å². The minimum absolute atomic E-state index is 0.0177. The first-order chi connectivity index (χ1) is 9.74. The molecular formula is C16H16O3S. The third-order valence-corrected chi connectivity index (χ3v) is 3.68. The number of rotatable bonds is 6. The molecule has 104 valence electrons. The van der Waals surface area contributed by atoms with Crippen LogP contribution in [0.2, 0.25) is 0 Å². The van der Waals surface area contributed by atoms with E-state index in [4.69, 9.17) is 9.47 Å². The van der Waals surface area contributed by atoms with Gasteiger partial charge in [0.25, 0.3) is 0 Å². The van der Waals surface area contributed by atoms with Crippen LogP contribution in [0.5, 0.6) is 5.75 Å². The van der Waals surface area contributed by atoms with Crippen LogP contribution in [0.15, 0.2) is 41.8 Å². The van der Waals surface area contributed by atoms with Crippen LogP contribution in [0, 0.1) is 0 Å². The van der Waals surface area contributed by atoms with Gasteiger partial charge in [0.15, 0.2) is 5.78 Å². The van der Waals surface area contributed by atoms with Gasteiger partial charge in [0.05, 0.1) is 18.6 Å². The predicted molar refractivity (Wildman–Crippen MR) is 81.4 cm³/mol. The van der Waals surface area contributed by atoms with Gasteiger partial charge in [-0.25, -0.2) is 0 Å². The summed E-state index contributed by atoms with van der Waals surface area (Å²) in [5.74, 6) is 0.803. The zero-order valence-corrected chi connectivity index (χ0v) is 12.3. The first-order valence-electron chi connectivity index (χ1n) is 6.16. The number of hydrogen-bond donors (Lipinski definition) is 0. The Balaban J connectivity index is 2.17. The molecule has 1 aromatic heterocycles. The highest BCUT2D eigenvalue weighted by Gasteiger charge is 2.04. The van der Waals surface area contributed by atoms with Crippen molar-refractivity contribution in [2.24, 2.45) is 0 Å². The molecule has 4 heteroatoms. The summed E-state index contributed by atoms with van der Waals surface area (Å²) < 4.78 is 10.4. The lowest BCUT2D eigenvalue weighted by atomic mass is 10.1. The van der Waals surface area contributed by atoms with Crippen LogP contribution >= 0.6 is 11.3 Å². The first kappa shape index (κ1) is 14.5. The average molecular weight is 288 g/mol. The Morgan fingerprint density at radius 2 is 2.15 bits per heavy atom. The monoisotopic (exact) mass is 288 g/mol. The van der Waals surface area contributed by atoms with Gasteiger partial charge in [-0.3, -0.25) is 4.79 Å². The average Bonchev–Trinajstić information content (AvgIpc) is 2.99. The molecule has 0 aliphatic carbocycles. The molecular weight excluding hydrogens is 272 g/mol. The smallest absolute Gasteiger partial charge is 0.195 e. The van der Waals surface area contributed by atoms with E-state index in [2.05, 4.69) is 0 Å². The minimum Gasteiger partial charge on any atom is -0.496 e. The molecule has 0 radical (unpaired) electrons. The van der Waals surface area contributed by atoms with Gasteiger partial charge in [-0.2, -0.15) is 0 Å². The molecule has 0 amide bonds. The molecule has 0 aliphatic heterocycles. The van der Waals surface area contributed by atoms with Gasteiger partial charge in [-0.05, 0) is 35.2 Å². The normalized spacial score (nSPS) is 10.9. The molecule has 0 spiro atoms. The molecule has 0 unspecified atom stereocenters. The van der Waals surface area contributed by atoms with Crippen LogP contribution in [0.3, 0.4) is 0 Å². The summed E-state index contributed by atoms with van der Waals surface area (Å²) in [5, 5.41) is 1.89. The fourth-order valence-electron chi connectivity index (χ4n) is 1.84. The summed E-state index contributed by atoms with van der Waals surface area (Å²) in [6.07, 6.45) is 3.39. The van der Waals surface area contributed by atoms with Gasteiger partial charge in [0, 0.05) is 12.7 Å². The molecule has 2 rings (SSSR count). The van der Waals surface area contributed by atoms with Crippen molar-refractivity contribution in [3.05, 3.63) is 57.8 Å². The predicted octanol–water partition coefficient (Wildman–Crippen LogP) is 3.80. The van der Waals surface area contributed by atoms with E-state index in [0.717, 1.165) is 21.8 Å². The molecule has 0 N–H and O–H groups in total. The van der Waals surface area contributed by atoms with Crippen molar-refractivity contribution in [1.29, 1.82) is 0 Å². The topological polar surface area (TPSA) is 35.5 Å². The first-order valence-corrected chi connectivity index (χ1v) is 7.04. The van der Waals surface area contributed by atoms with Crippen LogP contribution in [0.1, 0.15) is 20.8 Å². The molecule has 2 aromatic rings. The third kappa shape index (κ3) is 3.56. The molecule has 0 aliphatic rings. The number of thiophene rings is 1. The van der Waals surface area contributed by atoms with Gasteiger partial charge in [-0.15, -0.1) is 11.3 Å². The SMILES string of the molecule is COCc1cc(/C=C/C(=O)c2cccs2)ccc1OC. The largest absolute Gasteiger partial charge is 0.496 e. The van der Waals surface area contributed by atoms with Crippen molar-refractivity contribution in [2.75, 3.05) is 14.2 Å². The van der Waals surface area contributed by atoms with Crippen LogP contribution in [-0.4, -0.2) is 20.0 Å². The number of hydrogen-bond acceptors (Lipinski definition) is 4. The number of benzene rings is 1. The van der Waals surface area contributed by atoms with Crippen molar-refractivity contribution >= 4 is 23.2 Å². The number of ketones is 1. The summed E-state index contributed by atoms with van der Waals surface area (Å²) in [6, 6.07) is 9.44. The highest BCUT2D eigenvalue weighted by atomic mass is 32.1. The van der Waals surface area contributed by atoms with E-state index < -0.39 is 0 Å². The van der Waals surface area contributed by atoms with E-state index in [1.54, 1.807) is 26.4 Å². The number of carbonyl (C=O) groups excluding carboxylic acids is 1. The minimum atomic E-state index is 0.0177. The van der Waals surface area contributed by atoms with Crippen LogP contribution < -0.4 is 4.74 Å². The van der Waals surface area contributed by atoms with E-state index >= 15 is 0 Å². The Labute approximate surface area is 122 Å². The molecule has 0 fully saturated rings. The van der Waals surface area contributed by atoms with E-state index in [1.165, 1.54) is 11.3 Å². The van der Waals surface area contributed by atoms with Gasteiger partial charge in [0.1, 0.15) is 5.75 Å². The molecule has 0 saturated heterocycles. The Bertz CT molecular complexity index is 600. The van der Waals surface area contributed by atoms with Crippen molar-refractivity contribution in [3.8, 4) is 5.75 Å². The highest BCUT2D eigenvalue weighted by molar-refractivity contribution is 7.12. The number of allylic oxidation sites excluding steroid dienone is 1. The number of ether oxygens (including phenoxy) is 2. The Hall–Kier alpha value is -1.91. The third-order valence-electron chi connectivity index (χ3n) is 2.80. The molecule has 1 heterocycles. The Kier molecular flexibility index (Phi) is 5.09. The van der Waals surface area contributed by atoms with Crippen LogP contribution in [0.25, 0.3) is 6.08 Å². The molecule has 3 nitrogen and oxygen atoms in total. The van der Waals surface area contributed by atoms with Gasteiger partial charge in [0.2, 0.25) is 0 Å². The maximum Gasteiger partial charge on any atom is 0.195 e. The zero-order chi connectivity index (χ0) is 14.4. The van der Waals surface area contributed by atoms with Crippen LogP contribution in [-0.2, 0) is 11.3 Å². The Morgan fingerprint density at radius 3 is 2.80 bits per heavy atom. The summed E-state index contributed by atoms with van der Waals surface area (Å²) in [6.45, 7) is 0.476. The molecule has 0 bridgehead atoms. The maximum atomic E-state index is 11.9. The second-order valence-electron chi connectivity index (χ2n) is 4.18. The zero-order valence-electron chi connectivity index (χ0n) is 11.5. The molecule has 0 atom stereocenters. The maximum absolute atomic E-state index is 11.9. The van der Waals surface area contributed by atoms with Crippen molar-refractivity contribution in [2.45, 2.75) is 6.61 Å². The summed E-state index contributed by atoms with van der Waals surface area (Å²) in [4.78, 5) is 12.6. The lowest BCUT2D eigenvalue weighted by Gasteiger charge is -2.08. The summed E-state index contributed by atoms with van der Waals surface area (Å²) in [7, 11) is 3.27. The summed E-state index contributed by atoms with van der Waals surface area (Å²) in [5.41, 5.74) is 1.91. The molecule has 0 saturated carbocycles. The quantitative estimate of drug-likeness (QED) is 0.599. The Morgan fingerprint density at radius 1 is 1.30 bits per heavy atom. The van der Waals surface area contributed by atoms with Gasteiger partial charge in [-0.1, -0.05) is 18.2 Å². The lowest BCUT2D eigenvalue weighted by Crippen LogP contribution is -1.95. The van der Waals surface area contributed by atoms with Crippen molar-refractivity contribution in [3.63, 3.8) is 0 Å². The summed E-state index contributed by atoms with van der Waals surface area (Å²) >= 11 is 1.44. The highest BCUT2D eigenvalue weighted by Crippen LogP contribution is 2.21. The number of methoxy groups -OCH3 is 2. The number of carbonyl (C=O) groups is 1. The second kappa shape index (κ2) is 7.03. The van der Waals surface area contributed by atoms with E-state index in [9.17, 15) is 4.79 Å².